The van der Waals surface area contributed by atoms with Crippen LogP contribution in [0.15, 0.2) is 46.9 Å². The molecule has 1 amide bonds. The van der Waals surface area contributed by atoms with Crippen molar-refractivity contribution in [2.24, 2.45) is 0 Å². The summed E-state index contributed by atoms with van der Waals surface area (Å²) in [4.78, 5) is 12.1. The number of aryl methyl sites for hydroxylation is 1. The third kappa shape index (κ3) is 3.84. The average molecular weight is 333 g/mol. The summed E-state index contributed by atoms with van der Waals surface area (Å²) in [5, 5.41) is 2.96. The second-order valence-electron chi connectivity index (χ2n) is 4.62. The van der Waals surface area contributed by atoms with Gasteiger partial charge >= 0.3 is 0 Å². The molecule has 104 valence electrons. The fourth-order valence-electron chi connectivity index (χ4n) is 1.99. The molecule has 3 nitrogen and oxygen atoms in total. The molecule has 4 heteroatoms. The third-order valence-corrected chi connectivity index (χ3v) is 3.56. The Morgan fingerprint density at radius 2 is 1.90 bits per heavy atom. The number of nitrogen functional groups attached to an aromatic ring is 1. The number of amides is 1. The van der Waals surface area contributed by atoms with Gasteiger partial charge < -0.3 is 11.1 Å². The van der Waals surface area contributed by atoms with Crippen LogP contribution in [-0.2, 0) is 17.6 Å². The first kappa shape index (κ1) is 14.6. The molecule has 0 bridgehead atoms. The van der Waals surface area contributed by atoms with E-state index in [9.17, 15) is 4.79 Å². The molecule has 0 spiro atoms. The van der Waals surface area contributed by atoms with Crippen LogP contribution in [0.5, 0.6) is 0 Å². The van der Waals surface area contributed by atoms with Crippen molar-refractivity contribution in [1.82, 2.24) is 0 Å². The van der Waals surface area contributed by atoms with Gasteiger partial charge in [0.2, 0.25) is 5.91 Å². The third-order valence-electron chi connectivity index (χ3n) is 3.07. The predicted molar refractivity (Wildman–Crippen MR) is 86.7 cm³/mol. The van der Waals surface area contributed by atoms with E-state index >= 15 is 0 Å². The summed E-state index contributed by atoms with van der Waals surface area (Å²) >= 11 is 3.44. The van der Waals surface area contributed by atoms with Crippen LogP contribution < -0.4 is 11.1 Å². The predicted octanol–water partition coefficient (Wildman–Crippen LogP) is 3.77. The Morgan fingerprint density at radius 3 is 2.55 bits per heavy atom. The van der Waals surface area contributed by atoms with E-state index < -0.39 is 0 Å². The molecular formula is C16H17BrN2O. The molecule has 2 aromatic carbocycles. The molecule has 0 aliphatic carbocycles. The maximum atomic E-state index is 12.1. The highest BCUT2D eigenvalue weighted by atomic mass is 79.9. The molecule has 2 rings (SSSR count). The normalized spacial score (nSPS) is 10.3. The topological polar surface area (TPSA) is 55.1 Å². The number of rotatable bonds is 4. The van der Waals surface area contributed by atoms with Gasteiger partial charge in [-0.2, -0.15) is 0 Å². The molecule has 0 aliphatic heterocycles. The Bertz CT molecular complexity index is 608. The summed E-state index contributed by atoms with van der Waals surface area (Å²) in [6.45, 7) is 2.07. The Labute approximate surface area is 127 Å². The minimum absolute atomic E-state index is 0.0215. The molecule has 0 unspecified atom stereocenters. The summed E-state index contributed by atoms with van der Waals surface area (Å²) in [6.07, 6.45) is 1.22. The van der Waals surface area contributed by atoms with Crippen molar-refractivity contribution in [3.8, 4) is 0 Å². The van der Waals surface area contributed by atoms with Gasteiger partial charge in [0.1, 0.15) is 0 Å². The lowest BCUT2D eigenvalue weighted by Crippen LogP contribution is -2.15. The molecule has 0 heterocycles. The van der Waals surface area contributed by atoms with E-state index in [1.54, 1.807) is 12.1 Å². The summed E-state index contributed by atoms with van der Waals surface area (Å²) in [5.74, 6) is -0.0215. The molecule has 0 atom stereocenters. The van der Waals surface area contributed by atoms with E-state index in [0.717, 1.165) is 27.7 Å². The van der Waals surface area contributed by atoms with Crippen LogP contribution >= 0.6 is 15.9 Å². The van der Waals surface area contributed by atoms with Crippen molar-refractivity contribution in [3.63, 3.8) is 0 Å². The Kier molecular flexibility index (Phi) is 4.79. The highest BCUT2D eigenvalue weighted by Gasteiger charge is 2.07. The zero-order valence-corrected chi connectivity index (χ0v) is 12.9. The summed E-state index contributed by atoms with van der Waals surface area (Å²) < 4.78 is 1.02. The minimum Gasteiger partial charge on any atom is -0.399 e. The number of halogens is 1. The lowest BCUT2D eigenvalue weighted by Gasteiger charge is -2.10. The maximum Gasteiger partial charge on any atom is 0.228 e. The van der Waals surface area contributed by atoms with Gasteiger partial charge in [0.05, 0.1) is 6.42 Å². The van der Waals surface area contributed by atoms with Gasteiger partial charge in [-0.1, -0.05) is 35.0 Å². The molecule has 0 aromatic heterocycles. The first-order valence-electron chi connectivity index (χ1n) is 6.51. The highest BCUT2D eigenvalue weighted by molar-refractivity contribution is 9.10. The smallest absolute Gasteiger partial charge is 0.228 e. The molecule has 0 fully saturated rings. The van der Waals surface area contributed by atoms with Crippen molar-refractivity contribution < 1.29 is 4.79 Å². The van der Waals surface area contributed by atoms with E-state index in [1.807, 2.05) is 30.3 Å². The lowest BCUT2D eigenvalue weighted by molar-refractivity contribution is -0.115. The van der Waals surface area contributed by atoms with Crippen LogP contribution in [0.2, 0.25) is 0 Å². The van der Waals surface area contributed by atoms with Gasteiger partial charge in [0.15, 0.2) is 0 Å². The zero-order valence-electron chi connectivity index (χ0n) is 11.3. The van der Waals surface area contributed by atoms with E-state index in [4.69, 9.17) is 5.73 Å². The van der Waals surface area contributed by atoms with Crippen molar-refractivity contribution >= 4 is 33.2 Å². The molecule has 0 saturated heterocycles. The van der Waals surface area contributed by atoms with Crippen LogP contribution in [0, 0.1) is 0 Å². The molecule has 0 saturated carbocycles. The van der Waals surface area contributed by atoms with E-state index in [2.05, 4.69) is 28.2 Å². The van der Waals surface area contributed by atoms with Gasteiger partial charge in [-0.3, -0.25) is 4.79 Å². The fourth-order valence-corrected chi connectivity index (χ4v) is 2.40. The largest absolute Gasteiger partial charge is 0.399 e. The van der Waals surface area contributed by atoms with Crippen LogP contribution in [0.1, 0.15) is 18.1 Å². The van der Waals surface area contributed by atoms with Gasteiger partial charge in [-0.05, 0) is 47.9 Å². The quantitative estimate of drug-likeness (QED) is 0.837. The lowest BCUT2D eigenvalue weighted by atomic mass is 10.1. The first-order valence-corrected chi connectivity index (χ1v) is 7.30. The van der Waals surface area contributed by atoms with Crippen LogP contribution in [0.25, 0.3) is 0 Å². The summed E-state index contributed by atoms with van der Waals surface area (Å²) in [6, 6.07) is 13.2. The zero-order chi connectivity index (χ0) is 14.5. The number of benzene rings is 2. The molecule has 3 N–H and O–H groups in total. The number of carbonyl (C=O) groups excluding carboxylic acids is 1. The number of hydrogen-bond donors (Lipinski definition) is 2. The Morgan fingerprint density at radius 1 is 1.20 bits per heavy atom. The van der Waals surface area contributed by atoms with Crippen LogP contribution in [0.3, 0.4) is 0 Å². The number of nitrogens with one attached hydrogen (secondary N) is 1. The maximum absolute atomic E-state index is 12.1. The van der Waals surface area contributed by atoms with E-state index in [1.165, 1.54) is 0 Å². The first-order chi connectivity index (χ1) is 9.58. The highest BCUT2D eigenvalue weighted by Crippen LogP contribution is 2.21. The van der Waals surface area contributed by atoms with Gasteiger partial charge in [0, 0.05) is 15.8 Å². The number of anilines is 2. The Balaban J connectivity index is 2.06. The van der Waals surface area contributed by atoms with Crippen molar-refractivity contribution in [2.75, 3.05) is 11.1 Å². The van der Waals surface area contributed by atoms with Crippen molar-refractivity contribution in [3.05, 3.63) is 58.1 Å². The SMILES string of the molecule is CCc1cc(Br)ccc1NC(=O)Cc1ccc(N)cc1. The summed E-state index contributed by atoms with van der Waals surface area (Å²) in [7, 11) is 0. The number of nitrogens with two attached hydrogens (primary N) is 1. The molecule has 0 aliphatic rings. The van der Waals surface area contributed by atoms with Crippen molar-refractivity contribution in [1.29, 1.82) is 0 Å². The van der Waals surface area contributed by atoms with Gasteiger partial charge in [-0.25, -0.2) is 0 Å². The second kappa shape index (κ2) is 6.57. The van der Waals surface area contributed by atoms with E-state index in [0.29, 0.717) is 12.1 Å². The molecule has 20 heavy (non-hydrogen) atoms. The molecular weight excluding hydrogens is 316 g/mol. The van der Waals surface area contributed by atoms with Crippen LogP contribution in [-0.4, -0.2) is 5.91 Å². The Hall–Kier alpha value is -1.81. The van der Waals surface area contributed by atoms with Gasteiger partial charge in [0.25, 0.3) is 0 Å². The summed E-state index contributed by atoms with van der Waals surface area (Å²) in [5.41, 5.74) is 9.27. The monoisotopic (exact) mass is 332 g/mol. The standard InChI is InChI=1S/C16H17BrN2O/c1-2-12-10-13(17)5-8-15(12)19-16(20)9-11-3-6-14(18)7-4-11/h3-8,10H,2,9,18H2,1H3,(H,19,20). The molecule has 0 radical (unpaired) electrons. The minimum atomic E-state index is -0.0215. The van der Waals surface area contributed by atoms with Crippen LogP contribution in [0.4, 0.5) is 11.4 Å². The van der Waals surface area contributed by atoms with Crippen molar-refractivity contribution in [2.45, 2.75) is 19.8 Å². The number of carbonyl (C=O) groups is 1. The van der Waals surface area contributed by atoms with E-state index in [-0.39, 0.29) is 5.91 Å². The second-order valence-corrected chi connectivity index (χ2v) is 5.54. The fraction of sp³-hybridized carbons (Fsp3) is 0.188. The number of hydrogen-bond acceptors (Lipinski definition) is 2. The average Bonchev–Trinajstić information content (AvgIpc) is 2.43. The van der Waals surface area contributed by atoms with Gasteiger partial charge in [-0.15, -0.1) is 0 Å². The molecule has 2 aromatic rings.